The summed E-state index contributed by atoms with van der Waals surface area (Å²) in [5.41, 5.74) is 19.4. The summed E-state index contributed by atoms with van der Waals surface area (Å²) >= 11 is -2.94. The second kappa shape index (κ2) is 14.3. The van der Waals surface area contributed by atoms with Gasteiger partial charge in [-0.15, -0.1) is 0 Å². The van der Waals surface area contributed by atoms with Gasteiger partial charge in [-0.05, 0) is 0 Å². The van der Waals surface area contributed by atoms with E-state index in [0.29, 0.717) is 3.63 Å². The van der Waals surface area contributed by atoms with Crippen LogP contribution in [0.5, 0.6) is 0 Å². The molecule has 6 aromatic rings. The van der Waals surface area contributed by atoms with Crippen LogP contribution in [0.1, 0.15) is 96.1 Å². The molecule has 0 nitrogen and oxygen atoms in total. The molecule has 0 amide bonds. The van der Waals surface area contributed by atoms with E-state index >= 15 is 0 Å². The maximum atomic E-state index is 2.64. The molecule has 0 saturated carbocycles. The summed E-state index contributed by atoms with van der Waals surface area (Å²) in [6.07, 6.45) is 8.25. The molecule has 0 unspecified atom stereocenters. The van der Waals surface area contributed by atoms with Gasteiger partial charge in [0.2, 0.25) is 0 Å². The fraction of sp³-hybridized carbons (Fsp3) is 0.226. The van der Waals surface area contributed by atoms with Crippen molar-refractivity contribution in [3.63, 3.8) is 0 Å². The zero-order chi connectivity index (χ0) is 37.8. The first-order valence-electron chi connectivity index (χ1n) is 19.6. The molecular weight excluding hydrogens is 728 g/mol. The Bertz CT molecular complexity index is 2290. The Morgan fingerprint density at radius 3 is 1.31 bits per heavy atom. The number of benzene rings is 6. The number of hydrogen-bond acceptors (Lipinski definition) is 0. The molecule has 0 heterocycles. The standard InChI is InChI=1S/C33H33.C15H14.C5H5.Zr/c1-32(2,3)30-20-26-24(18-28(30)22-13-9-7-10-14-22)17-25-19-29(23-15-11-8-12-16-23)31(21-27(25)26)33(4,5)6;1-12-3-7-14(8-4-12)11-15-9-5-13(2)6-10-15;1-2-4-5-3-1;/h7-21H,1-6H3;3-10H,1-2H3;1-3H,4H2;. The van der Waals surface area contributed by atoms with Crippen molar-refractivity contribution in [3.05, 3.63) is 199 Å². The Morgan fingerprint density at radius 1 is 0.519 bits per heavy atom. The van der Waals surface area contributed by atoms with E-state index in [-0.39, 0.29) is 10.8 Å². The number of rotatable bonds is 6. The second-order valence-electron chi connectivity index (χ2n) is 17.5. The van der Waals surface area contributed by atoms with E-state index in [0.717, 1.165) is 6.42 Å². The predicted molar refractivity (Wildman–Crippen MR) is 229 cm³/mol. The van der Waals surface area contributed by atoms with Crippen LogP contribution in [0.15, 0.2) is 155 Å². The molecule has 2 aliphatic carbocycles. The molecule has 1 heteroatoms. The van der Waals surface area contributed by atoms with Gasteiger partial charge in [0.1, 0.15) is 0 Å². The maximum absolute atomic E-state index is 2.94. The summed E-state index contributed by atoms with van der Waals surface area (Å²) in [5, 5.41) is 0. The van der Waals surface area contributed by atoms with Gasteiger partial charge >= 0.3 is 334 Å². The van der Waals surface area contributed by atoms with Crippen LogP contribution < -0.4 is 0 Å². The van der Waals surface area contributed by atoms with E-state index < -0.39 is 21.3 Å². The van der Waals surface area contributed by atoms with Gasteiger partial charge in [0.05, 0.1) is 0 Å². The molecule has 0 saturated heterocycles. The molecule has 0 N–H and O–H groups in total. The molecule has 0 atom stereocenters. The summed E-state index contributed by atoms with van der Waals surface area (Å²) in [4.78, 5) is 0. The summed E-state index contributed by atoms with van der Waals surface area (Å²) in [5.74, 6) is 0. The molecule has 268 valence electrons. The molecule has 0 spiro atoms. The first-order chi connectivity index (χ1) is 25.9. The molecule has 54 heavy (non-hydrogen) atoms. The number of allylic oxidation sites excluding steroid dienone is 4. The third-order valence-electron chi connectivity index (χ3n) is 11.4. The third-order valence-corrected chi connectivity index (χ3v) is 19.7. The molecule has 6 aromatic carbocycles. The minimum absolute atomic E-state index is 0.0319. The molecule has 0 aromatic heterocycles. The van der Waals surface area contributed by atoms with Crippen molar-refractivity contribution in [2.75, 3.05) is 0 Å². The van der Waals surface area contributed by atoms with E-state index in [1.165, 1.54) is 77.9 Å². The van der Waals surface area contributed by atoms with E-state index in [9.17, 15) is 0 Å². The van der Waals surface area contributed by atoms with Crippen LogP contribution in [0.3, 0.4) is 0 Å². The van der Waals surface area contributed by atoms with Gasteiger partial charge in [-0.2, -0.15) is 0 Å². The zero-order valence-corrected chi connectivity index (χ0v) is 35.7. The fourth-order valence-corrected chi connectivity index (χ4v) is 17.6. The van der Waals surface area contributed by atoms with Crippen molar-refractivity contribution >= 4 is 3.21 Å². The number of aryl methyl sites for hydroxylation is 2. The Kier molecular flexibility index (Phi) is 9.69. The topological polar surface area (TPSA) is 0 Å². The quantitative estimate of drug-likeness (QED) is 0.158. The predicted octanol–water partition coefficient (Wildman–Crippen LogP) is 14.0. The summed E-state index contributed by atoms with van der Waals surface area (Å²) < 4.78 is 3.56. The summed E-state index contributed by atoms with van der Waals surface area (Å²) in [6, 6.07) is 51.6. The van der Waals surface area contributed by atoms with Gasteiger partial charge in [0.15, 0.2) is 0 Å². The van der Waals surface area contributed by atoms with Gasteiger partial charge in [0.25, 0.3) is 0 Å². The van der Waals surface area contributed by atoms with E-state index in [2.05, 4.69) is 207 Å². The van der Waals surface area contributed by atoms with Crippen LogP contribution in [-0.4, -0.2) is 3.21 Å². The van der Waals surface area contributed by atoms with Crippen molar-refractivity contribution in [2.24, 2.45) is 0 Å². The minimum atomic E-state index is -2.94. The van der Waals surface area contributed by atoms with E-state index in [1.807, 2.05) is 0 Å². The Balaban J connectivity index is 1.55. The fourth-order valence-electron chi connectivity index (χ4n) is 8.67. The van der Waals surface area contributed by atoms with Crippen LogP contribution in [0.25, 0.3) is 33.4 Å². The van der Waals surface area contributed by atoms with Gasteiger partial charge < -0.3 is 0 Å². The number of hydrogen-bond donors (Lipinski definition) is 0. The van der Waals surface area contributed by atoms with Crippen molar-refractivity contribution in [3.8, 4) is 33.4 Å². The molecule has 0 bridgehead atoms. The Morgan fingerprint density at radius 2 is 0.944 bits per heavy atom. The van der Waals surface area contributed by atoms with Crippen LogP contribution in [0, 0.1) is 13.8 Å². The van der Waals surface area contributed by atoms with Crippen LogP contribution in [0.4, 0.5) is 0 Å². The molecule has 0 radical (unpaired) electrons. The third kappa shape index (κ3) is 6.86. The van der Waals surface area contributed by atoms with Gasteiger partial charge in [-0.3, -0.25) is 0 Å². The SMILES string of the molecule is Cc1ccc([C](c2ccc(C)cc2)=[Zr]([C]2=CC=CC2)[CH]2c3cc(-c4ccccc4)c(C(C)(C)C)cc3-c3cc(C(C)(C)C)c(-c4ccccc4)cc32)cc1. The molecule has 2 aliphatic rings. The van der Waals surface area contributed by atoms with Gasteiger partial charge in [-0.25, -0.2) is 0 Å². The zero-order valence-electron chi connectivity index (χ0n) is 33.2. The average Bonchev–Trinajstić information content (AvgIpc) is 3.80. The Hall–Kier alpha value is -4.45. The van der Waals surface area contributed by atoms with Crippen molar-refractivity contribution in [1.29, 1.82) is 0 Å². The average molecular weight is 780 g/mol. The Labute approximate surface area is 331 Å². The van der Waals surface area contributed by atoms with Crippen LogP contribution in [-0.2, 0) is 32.1 Å². The molecule has 0 aliphatic heterocycles. The van der Waals surface area contributed by atoms with Crippen molar-refractivity contribution in [1.82, 2.24) is 0 Å². The summed E-state index contributed by atoms with van der Waals surface area (Å²) in [7, 11) is 0. The second-order valence-corrected chi connectivity index (χ2v) is 23.7. The monoisotopic (exact) mass is 778 g/mol. The molecular formula is C53H52Zr. The first-order valence-corrected chi connectivity index (χ1v) is 23.5. The number of fused-ring (bicyclic) bond motifs is 3. The van der Waals surface area contributed by atoms with Crippen LogP contribution in [0.2, 0.25) is 0 Å². The summed E-state index contributed by atoms with van der Waals surface area (Å²) in [6.45, 7) is 18.7. The van der Waals surface area contributed by atoms with Gasteiger partial charge in [0, 0.05) is 0 Å². The van der Waals surface area contributed by atoms with Crippen LogP contribution >= 0.6 is 0 Å². The molecule has 0 fully saturated rings. The van der Waals surface area contributed by atoms with Crippen molar-refractivity contribution < 1.29 is 21.3 Å². The van der Waals surface area contributed by atoms with E-state index in [4.69, 9.17) is 0 Å². The van der Waals surface area contributed by atoms with E-state index in [1.54, 1.807) is 6.49 Å². The normalized spacial score (nSPS) is 13.8. The first kappa shape index (κ1) is 36.5. The molecule has 8 rings (SSSR count). The van der Waals surface area contributed by atoms with Crippen molar-refractivity contribution in [2.45, 2.75) is 76.3 Å². The van der Waals surface area contributed by atoms with Gasteiger partial charge in [-0.1, -0.05) is 0 Å².